The van der Waals surface area contributed by atoms with Crippen molar-refractivity contribution in [2.45, 2.75) is 25.0 Å². The van der Waals surface area contributed by atoms with Crippen molar-refractivity contribution in [2.75, 3.05) is 19.6 Å². The molecule has 4 rings (SSSR count). The van der Waals surface area contributed by atoms with Crippen molar-refractivity contribution in [2.24, 2.45) is 0 Å². The van der Waals surface area contributed by atoms with Gasteiger partial charge in [-0.2, -0.15) is 0 Å². The van der Waals surface area contributed by atoms with Crippen LogP contribution in [0.4, 0.5) is 0 Å². The molecule has 0 amide bonds. The molecule has 116 valence electrons. The van der Waals surface area contributed by atoms with Crippen molar-refractivity contribution < 1.29 is 0 Å². The Morgan fingerprint density at radius 2 is 2.09 bits per heavy atom. The molecule has 1 aromatic heterocycles. The lowest BCUT2D eigenvalue weighted by atomic mass is 9.94. The first-order valence-corrected chi connectivity index (χ1v) is 8.46. The molecule has 1 unspecified atom stereocenters. The number of nitrogens with one attached hydrogen (secondary N) is 1. The van der Waals surface area contributed by atoms with Gasteiger partial charge in [-0.15, -0.1) is 0 Å². The van der Waals surface area contributed by atoms with Crippen LogP contribution in [0.1, 0.15) is 17.7 Å². The molecule has 22 heavy (non-hydrogen) atoms. The van der Waals surface area contributed by atoms with Gasteiger partial charge >= 0.3 is 0 Å². The van der Waals surface area contributed by atoms with Gasteiger partial charge < -0.3 is 9.88 Å². The van der Waals surface area contributed by atoms with Gasteiger partial charge in [0.1, 0.15) is 0 Å². The standard InChI is InChI=1S/C17H19Cl2N3/c18-15-4-3-13(8-16(15)19)9-21-10-14-2-1-7-22(14)17(12-21)5-6-20-11-17/h1-4,7-8,20H,5-6,9-12H2. The van der Waals surface area contributed by atoms with Gasteiger partial charge in [0.05, 0.1) is 15.6 Å². The second kappa shape index (κ2) is 5.57. The number of rotatable bonds is 2. The van der Waals surface area contributed by atoms with Crippen molar-refractivity contribution in [3.63, 3.8) is 0 Å². The molecule has 0 aliphatic carbocycles. The first-order chi connectivity index (χ1) is 10.7. The summed E-state index contributed by atoms with van der Waals surface area (Å²) in [5, 5.41) is 4.78. The number of benzene rings is 1. The average Bonchev–Trinajstić information content (AvgIpc) is 3.13. The number of hydrogen-bond donors (Lipinski definition) is 1. The van der Waals surface area contributed by atoms with Gasteiger partial charge in [-0.1, -0.05) is 29.3 Å². The van der Waals surface area contributed by atoms with Crippen LogP contribution >= 0.6 is 23.2 Å². The summed E-state index contributed by atoms with van der Waals surface area (Å²) < 4.78 is 2.48. The van der Waals surface area contributed by atoms with Crippen LogP contribution in [0, 0.1) is 0 Å². The van der Waals surface area contributed by atoms with E-state index in [0.717, 1.165) is 32.7 Å². The molecule has 2 aliphatic heterocycles. The minimum absolute atomic E-state index is 0.202. The molecule has 3 nitrogen and oxygen atoms in total. The predicted octanol–water partition coefficient (Wildman–Crippen LogP) is 3.50. The molecule has 1 N–H and O–H groups in total. The monoisotopic (exact) mass is 335 g/mol. The Morgan fingerprint density at radius 1 is 1.18 bits per heavy atom. The fourth-order valence-corrected chi connectivity index (χ4v) is 4.19. The Bertz CT molecular complexity index is 689. The van der Waals surface area contributed by atoms with Crippen LogP contribution in [0.2, 0.25) is 10.0 Å². The zero-order valence-corrected chi connectivity index (χ0v) is 13.9. The van der Waals surface area contributed by atoms with Gasteiger partial charge in [-0.25, -0.2) is 0 Å². The molecule has 1 aromatic carbocycles. The Morgan fingerprint density at radius 3 is 2.86 bits per heavy atom. The zero-order valence-electron chi connectivity index (χ0n) is 12.4. The third kappa shape index (κ3) is 2.46. The molecule has 2 aromatic rings. The summed E-state index contributed by atoms with van der Waals surface area (Å²) in [6.07, 6.45) is 3.42. The van der Waals surface area contributed by atoms with Crippen molar-refractivity contribution in [1.29, 1.82) is 0 Å². The predicted molar refractivity (Wildman–Crippen MR) is 90.5 cm³/mol. The van der Waals surface area contributed by atoms with E-state index in [0.29, 0.717) is 10.0 Å². The average molecular weight is 336 g/mol. The normalized spacial score (nSPS) is 24.8. The van der Waals surface area contributed by atoms with Crippen molar-refractivity contribution >= 4 is 23.2 Å². The van der Waals surface area contributed by atoms with Crippen LogP contribution < -0.4 is 5.32 Å². The second-order valence-corrected chi connectivity index (χ2v) is 7.23. The molecule has 1 fully saturated rings. The third-order valence-electron chi connectivity index (χ3n) is 4.86. The Hall–Kier alpha value is -1.00. The zero-order chi connectivity index (χ0) is 15.2. The van der Waals surface area contributed by atoms with Gasteiger partial charge in [-0.05, 0) is 42.8 Å². The molecule has 5 heteroatoms. The van der Waals surface area contributed by atoms with Crippen LogP contribution in [0.3, 0.4) is 0 Å². The van der Waals surface area contributed by atoms with E-state index in [1.54, 1.807) is 0 Å². The minimum Gasteiger partial charge on any atom is -0.342 e. The van der Waals surface area contributed by atoms with Crippen LogP contribution in [-0.4, -0.2) is 29.1 Å². The van der Waals surface area contributed by atoms with E-state index >= 15 is 0 Å². The lowest BCUT2D eigenvalue weighted by Gasteiger charge is -2.42. The largest absolute Gasteiger partial charge is 0.342 e. The first kappa shape index (κ1) is 14.6. The van der Waals surface area contributed by atoms with E-state index in [9.17, 15) is 0 Å². The maximum absolute atomic E-state index is 6.15. The molecule has 1 atom stereocenters. The topological polar surface area (TPSA) is 20.2 Å². The van der Waals surface area contributed by atoms with Crippen LogP contribution in [-0.2, 0) is 18.6 Å². The number of aromatic nitrogens is 1. The number of halogens is 2. The van der Waals surface area contributed by atoms with Gasteiger partial charge in [-0.3, -0.25) is 4.90 Å². The van der Waals surface area contributed by atoms with Gasteiger partial charge in [0.2, 0.25) is 0 Å². The van der Waals surface area contributed by atoms with E-state index in [1.165, 1.54) is 17.7 Å². The van der Waals surface area contributed by atoms with Gasteiger partial charge in [0.25, 0.3) is 0 Å². The smallest absolute Gasteiger partial charge is 0.0705 e. The first-order valence-electron chi connectivity index (χ1n) is 7.70. The van der Waals surface area contributed by atoms with Crippen molar-refractivity contribution in [3.8, 4) is 0 Å². The summed E-state index contributed by atoms with van der Waals surface area (Å²) in [7, 11) is 0. The lowest BCUT2D eigenvalue weighted by Crippen LogP contribution is -2.50. The van der Waals surface area contributed by atoms with Gasteiger partial charge in [0, 0.05) is 38.1 Å². The summed E-state index contributed by atoms with van der Waals surface area (Å²) in [5.41, 5.74) is 2.82. The number of nitrogens with zero attached hydrogens (tertiary/aromatic N) is 2. The Balaban J connectivity index is 1.60. The highest BCUT2D eigenvalue weighted by Crippen LogP contribution is 2.33. The van der Waals surface area contributed by atoms with Crippen molar-refractivity contribution in [3.05, 3.63) is 57.8 Å². The van der Waals surface area contributed by atoms with E-state index in [-0.39, 0.29) is 5.54 Å². The quantitative estimate of drug-likeness (QED) is 0.906. The van der Waals surface area contributed by atoms with Crippen LogP contribution in [0.15, 0.2) is 36.5 Å². The summed E-state index contributed by atoms with van der Waals surface area (Å²) in [4.78, 5) is 2.52. The minimum atomic E-state index is 0.202. The molecule has 1 spiro atoms. The highest BCUT2D eigenvalue weighted by atomic mass is 35.5. The summed E-state index contributed by atoms with van der Waals surface area (Å²) in [5.74, 6) is 0. The highest BCUT2D eigenvalue weighted by Gasteiger charge is 2.41. The fraction of sp³-hybridized carbons (Fsp3) is 0.412. The molecule has 0 radical (unpaired) electrons. The molecule has 1 saturated heterocycles. The summed E-state index contributed by atoms with van der Waals surface area (Å²) >= 11 is 12.2. The number of hydrogen-bond acceptors (Lipinski definition) is 2. The van der Waals surface area contributed by atoms with E-state index in [4.69, 9.17) is 23.2 Å². The molecule has 2 aliphatic rings. The molecular weight excluding hydrogens is 317 g/mol. The van der Waals surface area contributed by atoms with E-state index in [2.05, 4.69) is 39.2 Å². The summed E-state index contributed by atoms with van der Waals surface area (Å²) in [6, 6.07) is 10.3. The lowest BCUT2D eigenvalue weighted by molar-refractivity contribution is 0.114. The SMILES string of the molecule is Clc1ccc(CN2Cc3cccn3C3(CCNC3)C2)cc1Cl. The Labute approximate surface area is 140 Å². The van der Waals surface area contributed by atoms with Gasteiger partial charge in [0.15, 0.2) is 0 Å². The molecule has 3 heterocycles. The molecule has 0 bridgehead atoms. The highest BCUT2D eigenvalue weighted by molar-refractivity contribution is 6.42. The van der Waals surface area contributed by atoms with Crippen LogP contribution in [0.5, 0.6) is 0 Å². The second-order valence-electron chi connectivity index (χ2n) is 6.41. The molecule has 0 saturated carbocycles. The van der Waals surface area contributed by atoms with E-state index < -0.39 is 0 Å². The Kier molecular flexibility index (Phi) is 3.69. The fourth-order valence-electron chi connectivity index (χ4n) is 3.86. The maximum Gasteiger partial charge on any atom is 0.0705 e. The third-order valence-corrected chi connectivity index (χ3v) is 5.60. The van der Waals surface area contributed by atoms with Crippen LogP contribution in [0.25, 0.3) is 0 Å². The molecular formula is C17H19Cl2N3. The number of fused-ring (bicyclic) bond motifs is 2. The summed E-state index contributed by atoms with van der Waals surface area (Å²) in [6.45, 7) is 5.10. The van der Waals surface area contributed by atoms with E-state index in [1.807, 2.05) is 12.1 Å². The maximum atomic E-state index is 6.15. The van der Waals surface area contributed by atoms with Crippen molar-refractivity contribution in [1.82, 2.24) is 14.8 Å².